The first kappa shape index (κ1) is 13.6. The lowest BCUT2D eigenvalue weighted by molar-refractivity contribution is 0.0600. The van der Waals surface area contributed by atoms with Crippen molar-refractivity contribution in [1.82, 2.24) is 10.2 Å². The van der Waals surface area contributed by atoms with Gasteiger partial charge in [0.1, 0.15) is 0 Å². The lowest BCUT2D eigenvalue weighted by Gasteiger charge is -2.36. The van der Waals surface area contributed by atoms with Crippen molar-refractivity contribution in [2.24, 2.45) is 0 Å². The van der Waals surface area contributed by atoms with E-state index in [9.17, 15) is 13.2 Å². The molecule has 0 radical (unpaired) electrons. The molecule has 1 amide bonds. The van der Waals surface area contributed by atoms with Crippen LogP contribution in [0.25, 0.3) is 0 Å². The molecule has 1 heterocycles. The topological polar surface area (TPSA) is 66.5 Å². The second kappa shape index (κ2) is 4.56. The molecule has 6 heteroatoms. The number of sulfone groups is 1. The van der Waals surface area contributed by atoms with Crippen molar-refractivity contribution < 1.29 is 13.2 Å². The van der Waals surface area contributed by atoms with Crippen LogP contribution in [0.1, 0.15) is 23.2 Å². The molecule has 20 heavy (non-hydrogen) atoms. The molecular formula is C14H18N2O3S. The van der Waals surface area contributed by atoms with Gasteiger partial charge in [-0.2, -0.15) is 0 Å². The zero-order valence-corrected chi connectivity index (χ0v) is 12.2. The number of carbonyl (C=O) groups is 1. The van der Waals surface area contributed by atoms with E-state index in [0.29, 0.717) is 12.1 Å². The highest BCUT2D eigenvalue weighted by Crippen LogP contribution is 2.42. The highest BCUT2D eigenvalue weighted by atomic mass is 32.2. The van der Waals surface area contributed by atoms with Gasteiger partial charge in [-0.1, -0.05) is 0 Å². The lowest BCUT2D eigenvalue weighted by atomic mass is 10.1. The summed E-state index contributed by atoms with van der Waals surface area (Å²) in [6.45, 7) is 2.39. The van der Waals surface area contributed by atoms with Gasteiger partial charge >= 0.3 is 0 Å². The fourth-order valence-electron chi connectivity index (χ4n) is 2.75. The second-order valence-corrected chi connectivity index (χ2v) is 7.67. The maximum atomic E-state index is 12.6. The van der Waals surface area contributed by atoms with Gasteiger partial charge in [-0.3, -0.25) is 4.79 Å². The van der Waals surface area contributed by atoms with E-state index in [-0.39, 0.29) is 16.3 Å². The minimum absolute atomic E-state index is 0.00375. The van der Waals surface area contributed by atoms with Crippen LogP contribution < -0.4 is 5.32 Å². The zero-order chi connectivity index (χ0) is 14.4. The Bertz CT molecular complexity index is 633. The number of nitrogens with one attached hydrogen (secondary N) is 1. The zero-order valence-electron chi connectivity index (χ0n) is 11.4. The highest BCUT2D eigenvalue weighted by Gasteiger charge is 2.51. The molecule has 0 aromatic heterocycles. The Morgan fingerprint density at radius 2 is 1.90 bits per heavy atom. The number of benzene rings is 1. The molecule has 2 fully saturated rings. The van der Waals surface area contributed by atoms with Gasteiger partial charge in [0.2, 0.25) is 0 Å². The number of hydrogen-bond donors (Lipinski definition) is 1. The van der Waals surface area contributed by atoms with Crippen LogP contribution in [0.2, 0.25) is 0 Å². The summed E-state index contributed by atoms with van der Waals surface area (Å²) < 4.78 is 22.9. The van der Waals surface area contributed by atoms with Crippen molar-refractivity contribution in [3.05, 3.63) is 29.8 Å². The predicted molar refractivity (Wildman–Crippen MR) is 75.4 cm³/mol. The van der Waals surface area contributed by atoms with Crippen LogP contribution in [-0.2, 0) is 9.84 Å². The van der Waals surface area contributed by atoms with E-state index in [0.717, 1.165) is 25.9 Å². The Kier molecular flexibility index (Phi) is 3.10. The van der Waals surface area contributed by atoms with E-state index in [4.69, 9.17) is 0 Å². The molecule has 1 aliphatic carbocycles. The Hall–Kier alpha value is -1.40. The van der Waals surface area contributed by atoms with Crippen LogP contribution in [0.4, 0.5) is 0 Å². The van der Waals surface area contributed by atoms with Crippen LogP contribution in [0.15, 0.2) is 29.2 Å². The minimum atomic E-state index is -3.22. The molecule has 2 aliphatic rings. The summed E-state index contributed by atoms with van der Waals surface area (Å²) in [5, 5.41) is 3.33. The molecule has 1 aliphatic heterocycles. The standard InChI is InChI=1S/C14H18N2O3S/c1-20(18,19)12-4-2-11(3-5-12)13(17)16-9-8-15-10-14(16)6-7-14/h2-5,15H,6-10H2,1H3. The Balaban J connectivity index is 1.84. The van der Waals surface area contributed by atoms with Gasteiger partial charge in [0.15, 0.2) is 9.84 Å². The number of rotatable bonds is 2. The molecule has 5 nitrogen and oxygen atoms in total. The molecule has 1 aromatic rings. The van der Waals surface area contributed by atoms with E-state index < -0.39 is 9.84 Å². The van der Waals surface area contributed by atoms with Gasteiger partial charge < -0.3 is 10.2 Å². The third-order valence-corrected chi connectivity index (χ3v) is 5.27. The highest BCUT2D eigenvalue weighted by molar-refractivity contribution is 7.90. The van der Waals surface area contributed by atoms with Crippen molar-refractivity contribution in [3.63, 3.8) is 0 Å². The second-order valence-electron chi connectivity index (χ2n) is 5.65. The summed E-state index contributed by atoms with van der Waals surface area (Å²) in [6, 6.07) is 6.22. The van der Waals surface area contributed by atoms with E-state index in [2.05, 4.69) is 5.32 Å². The summed E-state index contributed by atoms with van der Waals surface area (Å²) in [6.07, 6.45) is 3.26. The maximum Gasteiger partial charge on any atom is 0.254 e. The molecular weight excluding hydrogens is 276 g/mol. The first-order valence-corrected chi connectivity index (χ1v) is 8.64. The molecule has 1 saturated carbocycles. The first-order valence-electron chi connectivity index (χ1n) is 6.75. The normalized spacial score (nSPS) is 20.9. The van der Waals surface area contributed by atoms with E-state index >= 15 is 0 Å². The molecule has 1 N–H and O–H groups in total. The van der Waals surface area contributed by atoms with Crippen LogP contribution in [0.5, 0.6) is 0 Å². The summed E-state index contributed by atoms with van der Waals surface area (Å²) >= 11 is 0. The van der Waals surface area contributed by atoms with Crippen LogP contribution in [0, 0.1) is 0 Å². The fourth-order valence-corrected chi connectivity index (χ4v) is 3.38. The Labute approximate surface area is 118 Å². The van der Waals surface area contributed by atoms with Gasteiger partial charge in [0.05, 0.1) is 10.4 Å². The average Bonchev–Trinajstić information content (AvgIpc) is 3.18. The summed E-state index contributed by atoms with van der Waals surface area (Å²) in [5.74, 6) is 0.00375. The van der Waals surface area contributed by atoms with Gasteiger partial charge in [-0.25, -0.2) is 8.42 Å². The molecule has 0 atom stereocenters. The molecule has 1 aromatic carbocycles. The number of amides is 1. The van der Waals surface area contributed by atoms with Crippen LogP contribution in [-0.4, -0.2) is 50.7 Å². The van der Waals surface area contributed by atoms with E-state index in [1.54, 1.807) is 12.1 Å². The lowest BCUT2D eigenvalue weighted by Crippen LogP contribution is -2.55. The molecule has 1 spiro atoms. The van der Waals surface area contributed by atoms with Crippen LogP contribution >= 0.6 is 0 Å². The predicted octanol–water partition coefficient (Wildman–Crippen LogP) is 0.668. The van der Waals surface area contributed by atoms with Gasteiger partial charge in [-0.05, 0) is 37.1 Å². The molecule has 108 valence electrons. The largest absolute Gasteiger partial charge is 0.330 e. The Morgan fingerprint density at radius 1 is 1.25 bits per heavy atom. The summed E-state index contributed by atoms with van der Waals surface area (Å²) in [7, 11) is -3.22. The third kappa shape index (κ3) is 2.33. The number of piperazine rings is 1. The van der Waals surface area contributed by atoms with Crippen molar-refractivity contribution in [3.8, 4) is 0 Å². The molecule has 0 bridgehead atoms. The number of carbonyl (C=O) groups excluding carboxylic acids is 1. The van der Waals surface area contributed by atoms with Gasteiger partial charge in [-0.15, -0.1) is 0 Å². The third-order valence-electron chi connectivity index (χ3n) is 4.14. The van der Waals surface area contributed by atoms with Crippen LogP contribution in [0.3, 0.4) is 0 Å². The van der Waals surface area contributed by atoms with Crippen molar-refractivity contribution >= 4 is 15.7 Å². The van der Waals surface area contributed by atoms with Crippen molar-refractivity contribution in [1.29, 1.82) is 0 Å². The quantitative estimate of drug-likeness (QED) is 0.870. The van der Waals surface area contributed by atoms with Crippen molar-refractivity contribution in [2.75, 3.05) is 25.9 Å². The SMILES string of the molecule is CS(=O)(=O)c1ccc(C(=O)N2CCNCC23CC3)cc1. The maximum absolute atomic E-state index is 12.6. The van der Waals surface area contributed by atoms with E-state index in [1.165, 1.54) is 18.4 Å². The minimum Gasteiger partial charge on any atom is -0.330 e. The first-order chi connectivity index (χ1) is 9.42. The smallest absolute Gasteiger partial charge is 0.254 e. The number of hydrogen-bond acceptors (Lipinski definition) is 4. The molecule has 0 unspecified atom stereocenters. The summed E-state index contributed by atoms with van der Waals surface area (Å²) in [4.78, 5) is 14.8. The summed E-state index contributed by atoms with van der Waals surface area (Å²) in [5.41, 5.74) is 0.566. The van der Waals surface area contributed by atoms with Crippen molar-refractivity contribution in [2.45, 2.75) is 23.3 Å². The van der Waals surface area contributed by atoms with Gasteiger partial charge in [0, 0.05) is 31.5 Å². The van der Waals surface area contributed by atoms with E-state index in [1.807, 2.05) is 4.90 Å². The monoisotopic (exact) mass is 294 g/mol. The Morgan fingerprint density at radius 3 is 2.45 bits per heavy atom. The molecule has 1 saturated heterocycles. The average molecular weight is 294 g/mol. The van der Waals surface area contributed by atoms with Gasteiger partial charge in [0.25, 0.3) is 5.91 Å². The fraction of sp³-hybridized carbons (Fsp3) is 0.500. The molecule has 3 rings (SSSR count). The number of nitrogens with zero attached hydrogens (tertiary/aromatic N) is 1.